The molecule has 116 valence electrons. The molecule has 0 saturated carbocycles. The average Bonchev–Trinajstić information content (AvgIpc) is 3.03. The van der Waals surface area contributed by atoms with Crippen molar-refractivity contribution in [3.05, 3.63) is 29.8 Å². The van der Waals surface area contributed by atoms with Crippen LogP contribution >= 0.6 is 11.8 Å². The minimum Gasteiger partial charge on any atom is -0.355 e. The van der Waals surface area contributed by atoms with Crippen LogP contribution in [0.3, 0.4) is 0 Å². The van der Waals surface area contributed by atoms with Crippen LogP contribution in [0, 0.1) is 0 Å². The van der Waals surface area contributed by atoms with Crippen LogP contribution in [0.1, 0.15) is 37.8 Å². The van der Waals surface area contributed by atoms with E-state index >= 15 is 0 Å². The number of nitrogens with one attached hydrogen (secondary N) is 1. The molecule has 3 rings (SSSR count). The topological polar surface area (TPSA) is 57.1 Å². The molecule has 0 aliphatic carbocycles. The highest BCUT2D eigenvalue weighted by molar-refractivity contribution is 8.14. The molecule has 1 aromatic carbocycles. The highest BCUT2D eigenvalue weighted by atomic mass is 32.2. The molecule has 1 N–H and O–H groups in total. The van der Waals surface area contributed by atoms with Gasteiger partial charge in [0.2, 0.25) is 5.91 Å². The van der Waals surface area contributed by atoms with Gasteiger partial charge >= 0.3 is 0 Å². The number of hydrogen-bond acceptors (Lipinski definition) is 5. The van der Waals surface area contributed by atoms with Gasteiger partial charge in [-0.05, 0) is 12.5 Å². The first-order valence-electron chi connectivity index (χ1n) is 7.68. The number of hydrogen-bond donors (Lipinski definition) is 1. The molecule has 22 heavy (non-hydrogen) atoms. The number of fused-ring (bicyclic) bond motifs is 3. The normalized spacial score (nSPS) is 18.7. The summed E-state index contributed by atoms with van der Waals surface area (Å²) in [4.78, 5) is 16.5. The van der Waals surface area contributed by atoms with Gasteiger partial charge in [-0.25, -0.2) is 10.0 Å². The van der Waals surface area contributed by atoms with Gasteiger partial charge < -0.3 is 5.32 Å². The molecule has 6 heteroatoms. The highest BCUT2D eigenvalue weighted by Gasteiger charge is 2.32. The summed E-state index contributed by atoms with van der Waals surface area (Å²) in [5.74, 6) is 0.434. The molecule has 1 amide bonds. The molecule has 0 fully saturated rings. The summed E-state index contributed by atoms with van der Waals surface area (Å²) in [6.07, 6.45) is 4.91. The second kappa shape index (κ2) is 6.96. The number of para-hydroxylation sites is 1. The summed E-state index contributed by atoms with van der Waals surface area (Å²) >= 11 is 1.45. The van der Waals surface area contributed by atoms with Gasteiger partial charge in [0.05, 0.1) is 17.5 Å². The fraction of sp³-hybridized carbons (Fsp3) is 0.438. The smallest absolute Gasteiger partial charge is 0.230 e. The third-order valence-corrected chi connectivity index (χ3v) is 4.67. The van der Waals surface area contributed by atoms with Crippen molar-refractivity contribution < 1.29 is 4.79 Å². The van der Waals surface area contributed by atoms with Crippen LogP contribution < -0.4 is 5.32 Å². The molecule has 0 radical (unpaired) electrons. The van der Waals surface area contributed by atoms with E-state index in [0.717, 1.165) is 36.7 Å². The molecule has 2 aliphatic rings. The maximum absolute atomic E-state index is 11.9. The van der Waals surface area contributed by atoms with Crippen molar-refractivity contribution >= 4 is 34.7 Å². The summed E-state index contributed by atoms with van der Waals surface area (Å²) in [5, 5.41) is 10.1. The van der Waals surface area contributed by atoms with Crippen LogP contribution in [0.5, 0.6) is 0 Å². The number of benzene rings is 1. The van der Waals surface area contributed by atoms with E-state index in [4.69, 9.17) is 0 Å². The third kappa shape index (κ3) is 3.16. The van der Waals surface area contributed by atoms with Gasteiger partial charge in [0, 0.05) is 24.7 Å². The SMILES string of the molecule is CCCCNC(=O)CSC1=Nc2ccccc2C2CC=NN12. The Hall–Kier alpha value is -1.82. The molecule has 0 saturated heterocycles. The van der Waals surface area contributed by atoms with Crippen molar-refractivity contribution in [1.29, 1.82) is 0 Å². The van der Waals surface area contributed by atoms with Crippen LogP contribution in [0.15, 0.2) is 34.4 Å². The molecular weight excluding hydrogens is 296 g/mol. The molecular formula is C16H20N4OS. The number of thioether (sulfide) groups is 1. The number of amidine groups is 1. The van der Waals surface area contributed by atoms with Gasteiger partial charge in [-0.3, -0.25) is 4.79 Å². The van der Waals surface area contributed by atoms with E-state index < -0.39 is 0 Å². The monoisotopic (exact) mass is 316 g/mol. The molecule has 0 bridgehead atoms. The van der Waals surface area contributed by atoms with Gasteiger partial charge in [0.25, 0.3) is 0 Å². The number of rotatable bonds is 5. The predicted octanol–water partition coefficient (Wildman–Crippen LogP) is 3.07. The number of hydrazone groups is 1. The predicted molar refractivity (Wildman–Crippen MR) is 91.6 cm³/mol. The molecule has 1 aromatic rings. The van der Waals surface area contributed by atoms with Gasteiger partial charge in [-0.2, -0.15) is 5.10 Å². The number of aliphatic imine (C=N–C) groups is 1. The number of carbonyl (C=O) groups is 1. The second-order valence-electron chi connectivity index (χ2n) is 5.34. The van der Waals surface area contributed by atoms with Crippen LogP contribution in [0.25, 0.3) is 0 Å². The van der Waals surface area contributed by atoms with E-state index in [1.165, 1.54) is 17.3 Å². The van der Waals surface area contributed by atoms with E-state index in [1.807, 2.05) is 29.4 Å². The second-order valence-corrected chi connectivity index (χ2v) is 6.28. The van der Waals surface area contributed by atoms with Crippen LogP contribution in [-0.2, 0) is 4.79 Å². The minimum absolute atomic E-state index is 0.0553. The fourth-order valence-electron chi connectivity index (χ4n) is 2.57. The fourth-order valence-corrected chi connectivity index (χ4v) is 3.40. The standard InChI is InChI=1S/C16H20N4OS/c1-2-3-9-17-15(21)11-22-16-19-13-7-5-4-6-12(13)14-8-10-18-20(14)16/h4-7,10,14H,2-3,8-9,11H2,1H3,(H,17,21). The lowest BCUT2D eigenvalue weighted by Crippen LogP contribution is -2.31. The Morgan fingerprint density at radius 3 is 3.18 bits per heavy atom. The number of nitrogens with zero attached hydrogens (tertiary/aromatic N) is 3. The Balaban J connectivity index is 1.67. The molecule has 1 atom stereocenters. The third-order valence-electron chi connectivity index (χ3n) is 3.72. The Morgan fingerprint density at radius 2 is 2.32 bits per heavy atom. The highest BCUT2D eigenvalue weighted by Crippen LogP contribution is 2.40. The van der Waals surface area contributed by atoms with E-state index in [9.17, 15) is 4.79 Å². The molecule has 0 spiro atoms. The zero-order valence-electron chi connectivity index (χ0n) is 12.7. The lowest BCUT2D eigenvalue weighted by molar-refractivity contribution is -0.118. The van der Waals surface area contributed by atoms with Gasteiger partial charge in [-0.15, -0.1) is 0 Å². The molecule has 2 heterocycles. The Kier molecular flexibility index (Phi) is 4.77. The summed E-state index contributed by atoms with van der Waals surface area (Å²) in [5.41, 5.74) is 2.19. The van der Waals surface area contributed by atoms with Gasteiger partial charge in [0.1, 0.15) is 0 Å². The Bertz CT molecular complexity index is 614. The molecule has 0 aromatic heterocycles. The summed E-state index contributed by atoms with van der Waals surface area (Å²) in [6.45, 7) is 2.86. The maximum atomic E-state index is 11.9. The van der Waals surface area contributed by atoms with Crippen molar-refractivity contribution in [3.8, 4) is 0 Å². The maximum Gasteiger partial charge on any atom is 0.230 e. The molecule has 2 aliphatic heterocycles. The zero-order chi connectivity index (χ0) is 15.4. The first kappa shape index (κ1) is 15.1. The van der Waals surface area contributed by atoms with Crippen LogP contribution in [0.2, 0.25) is 0 Å². The van der Waals surface area contributed by atoms with Gasteiger partial charge in [-0.1, -0.05) is 43.3 Å². The Labute approximate surface area is 134 Å². The largest absolute Gasteiger partial charge is 0.355 e. The first-order chi connectivity index (χ1) is 10.8. The lowest BCUT2D eigenvalue weighted by atomic mass is 10.0. The van der Waals surface area contributed by atoms with Crippen molar-refractivity contribution in [2.45, 2.75) is 32.2 Å². The number of carbonyl (C=O) groups excluding carboxylic acids is 1. The van der Waals surface area contributed by atoms with Crippen LogP contribution in [-0.4, -0.2) is 34.6 Å². The summed E-state index contributed by atoms with van der Waals surface area (Å²) in [6, 6.07) is 8.37. The summed E-state index contributed by atoms with van der Waals surface area (Å²) < 4.78 is 0. The summed E-state index contributed by atoms with van der Waals surface area (Å²) in [7, 11) is 0. The van der Waals surface area contributed by atoms with E-state index in [1.54, 1.807) is 0 Å². The van der Waals surface area contributed by atoms with E-state index in [2.05, 4.69) is 28.4 Å². The molecule has 1 unspecified atom stereocenters. The Morgan fingerprint density at radius 1 is 1.45 bits per heavy atom. The minimum atomic E-state index is 0.0553. The van der Waals surface area contributed by atoms with Crippen molar-refractivity contribution in [3.63, 3.8) is 0 Å². The number of amides is 1. The van der Waals surface area contributed by atoms with Crippen LogP contribution in [0.4, 0.5) is 5.69 Å². The zero-order valence-corrected chi connectivity index (χ0v) is 13.5. The van der Waals surface area contributed by atoms with E-state index in [-0.39, 0.29) is 11.9 Å². The quantitative estimate of drug-likeness (QED) is 0.849. The van der Waals surface area contributed by atoms with E-state index in [0.29, 0.717) is 5.75 Å². The van der Waals surface area contributed by atoms with Gasteiger partial charge in [0.15, 0.2) is 5.17 Å². The van der Waals surface area contributed by atoms with Crippen molar-refractivity contribution in [2.24, 2.45) is 10.1 Å². The van der Waals surface area contributed by atoms with Crippen molar-refractivity contribution in [1.82, 2.24) is 10.3 Å². The lowest BCUT2D eigenvalue weighted by Gasteiger charge is -2.29. The first-order valence-corrected chi connectivity index (χ1v) is 8.67. The number of unbranched alkanes of at least 4 members (excludes halogenated alkanes) is 1. The average molecular weight is 316 g/mol. The van der Waals surface area contributed by atoms with Crippen molar-refractivity contribution in [2.75, 3.05) is 12.3 Å². The molecule has 5 nitrogen and oxygen atoms in total.